The Morgan fingerprint density at radius 2 is 1.04 bits per heavy atom. The third-order valence-corrected chi connectivity index (χ3v) is 4.71. The predicted octanol–water partition coefficient (Wildman–Crippen LogP) is 3.82. The fourth-order valence-electron chi connectivity index (χ4n) is 3.56. The Balaban J connectivity index is 2.00. The molecule has 0 amide bonds. The van der Waals surface area contributed by atoms with E-state index in [-0.39, 0.29) is 0 Å². The highest BCUT2D eigenvalue weighted by Gasteiger charge is 2.58. The van der Waals surface area contributed by atoms with Crippen LogP contribution in [0.1, 0.15) is 16.7 Å². The van der Waals surface area contributed by atoms with Gasteiger partial charge in [-0.2, -0.15) is 0 Å². The van der Waals surface area contributed by atoms with Crippen LogP contribution in [0.4, 0.5) is 0 Å². The van der Waals surface area contributed by atoms with Gasteiger partial charge < -0.3 is 14.6 Å². The van der Waals surface area contributed by atoms with Crippen LogP contribution < -0.4 is 0 Å². The summed E-state index contributed by atoms with van der Waals surface area (Å²) in [6.45, 7) is 0.855. The van der Waals surface area contributed by atoms with Gasteiger partial charge in [-0.05, 0) is 11.1 Å². The molecule has 1 fully saturated rings. The van der Waals surface area contributed by atoms with Crippen molar-refractivity contribution < 1.29 is 14.6 Å². The first kappa shape index (κ1) is 16.0. The van der Waals surface area contributed by atoms with Gasteiger partial charge in [-0.1, -0.05) is 91.0 Å². The van der Waals surface area contributed by atoms with Gasteiger partial charge in [-0.3, -0.25) is 0 Å². The van der Waals surface area contributed by atoms with Crippen LogP contribution in [0.25, 0.3) is 0 Å². The number of hydrogen-bond donors (Lipinski definition) is 1. The van der Waals surface area contributed by atoms with Gasteiger partial charge in [0.15, 0.2) is 5.60 Å². The SMILES string of the molecule is OC(c1ccccc1)(c1ccccc1)C1(c2ccccc2)OCCO1. The molecule has 1 aliphatic heterocycles. The number of aliphatic hydroxyl groups is 1. The summed E-state index contributed by atoms with van der Waals surface area (Å²) in [4.78, 5) is 0. The Hall–Kier alpha value is -2.46. The fraction of sp³-hybridized carbons (Fsp3) is 0.182. The molecule has 3 nitrogen and oxygen atoms in total. The lowest BCUT2D eigenvalue weighted by atomic mass is 9.76. The zero-order valence-electron chi connectivity index (χ0n) is 13.8. The van der Waals surface area contributed by atoms with E-state index in [0.717, 1.165) is 16.7 Å². The third-order valence-electron chi connectivity index (χ3n) is 4.71. The molecule has 25 heavy (non-hydrogen) atoms. The average Bonchev–Trinajstić information content (AvgIpc) is 3.21. The number of rotatable bonds is 4. The van der Waals surface area contributed by atoms with Crippen LogP contribution >= 0.6 is 0 Å². The minimum Gasteiger partial charge on any atom is -0.375 e. The van der Waals surface area contributed by atoms with E-state index >= 15 is 0 Å². The van der Waals surface area contributed by atoms with E-state index in [1.54, 1.807) is 0 Å². The molecule has 126 valence electrons. The van der Waals surface area contributed by atoms with E-state index in [4.69, 9.17) is 9.47 Å². The van der Waals surface area contributed by atoms with Gasteiger partial charge in [-0.15, -0.1) is 0 Å². The second-order valence-electron chi connectivity index (χ2n) is 6.12. The molecular weight excluding hydrogens is 312 g/mol. The average molecular weight is 332 g/mol. The summed E-state index contributed by atoms with van der Waals surface area (Å²) < 4.78 is 12.3. The fourth-order valence-corrected chi connectivity index (χ4v) is 3.56. The van der Waals surface area contributed by atoms with Crippen LogP contribution in [0, 0.1) is 0 Å². The van der Waals surface area contributed by atoms with Crippen molar-refractivity contribution in [2.24, 2.45) is 0 Å². The summed E-state index contributed by atoms with van der Waals surface area (Å²) in [6, 6.07) is 28.8. The maximum Gasteiger partial charge on any atom is 0.233 e. The maximum absolute atomic E-state index is 12.1. The Bertz CT molecular complexity index is 770. The Labute approximate surface area is 147 Å². The van der Waals surface area contributed by atoms with Gasteiger partial charge in [0.25, 0.3) is 0 Å². The van der Waals surface area contributed by atoms with Gasteiger partial charge in [0.2, 0.25) is 5.79 Å². The molecule has 0 spiro atoms. The van der Waals surface area contributed by atoms with Gasteiger partial charge in [0.05, 0.1) is 13.2 Å². The van der Waals surface area contributed by atoms with Crippen molar-refractivity contribution >= 4 is 0 Å². The summed E-state index contributed by atoms with van der Waals surface area (Å²) in [7, 11) is 0. The molecule has 3 aromatic carbocycles. The van der Waals surface area contributed by atoms with Crippen molar-refractivity contribution in [2.45, 2.75) is 11.4 Å². The molecule has 1 saturated heterocycles. The van der Waals surface area contributed by atoms with Crippen molar-refractivity contribution in [1.29, 1.82) is 0 Å². The smallest absolute Gasteiger partial charge is 0.233 e. The maximum atomic E-state index is 12.1. The molecule has 1 N–H and O–H groups in total. The molecule has 1 heterocycles. The minimum absolute atomic E-state index is 0.427. The Kier molecular flexibility index (Phi) is 4.14. The molecule has 0 radical (unpaired) electrons. The summed E-state index contributed by atoms with van der Waals surface area (Å²) in [5.74, 6) is -1.29. The van der Waals surface area contributed by atoms with Crippen molar-refractivity contribution in [3.63, 3.8) is 0 Å². The van der Waals surface area contributed by atoms with Crippen LogP contribution in [0.5, 0.6) is 0 Å². The zero-order chi connectivity index (χ0) is 17.2. The van der Waals surface area contributed by atoms with E-state index < -0.39 is 11.4 Å². The van der Waals surface area contributed by atoms with Crippen molar-refractivity contribution in [2.75, 3.05) is 13.2 Å². The van der Waals surface area contributed by atoms with Crippen molar-refractivity contribution in [3.8, 4) is 0 Å². The number of ether oxygens (including phenoxy) is 2. The molecule has 3 aromatic rings. The first-order valence-corrected chi connectivity index (χ1v) is 8.44. The normalized spacial score (nSPS) is 16.7. The quantitative estimate of drug-likeness (QED) is 0.789. The van der Waals surface area contributed by atoms with Crippen molar-refractivity contribution in [1.82, 2.24) is 0 Å². The van der Waals surface area contributed by atoms with E-state index in [1.807, 2.05) is 91.0 Å². The van der Waals surface area contributed by atoms with Gasteiger partial charge >= 0.3 is 0 Å². The highest BCUT2D eigenvalue weighted by Crippen LogP contribution is 2.50. The van der Waals surface area contributed by atoms with Crippen LogP contribution in [0.3, 0.4) is 0 Å². The summed E-state index contributed by atoms with van der Waals surface area (Å²) in [5, 5.41) is 12.1. The van der Waals surface area contributed by atoms with E-state index in [0.29, 0.717) is 13.2 Å². The number of hydrogen-bond acceptors (Lipinski definition) is 3. The van der Waals surface area contributed by atoms with Crippen LogP contribution in [-0.2, 0) is 20.9 Å². The second kappa shape index (κ2) is 6.45. The Morgan fingerprint density at radius 3 is 1.48 bits per heavy atom. The molecule has 0 aliphatic carbocycles. The Morgan fingerprint density at radius 1 is 0.640 bits per heavy atom. The van der Waals surface area contributed by atoms with Crippen molar-refractivity contribution in [3.05, 3.63) is 108 Å². The molecule has 4 rings (SSSR count). The first-order chi connectivity index (χ1) is 12.3. The summed E-state index contributed by atoms with van der Waals surface area (Å²) >= 11 is 0. The molecule has 0 bridgehead atoms. The van der Waals surface area contributed by atoms with Gasteiger partial charge in [0.1, 0.15) is 0 Å². The highest BCUT2D eigenvalue weighted by atomic mass is 16.7. The molecule has 0 unspecified atom stereocenters. The zero-order valence-corrected chi connectivity index (χ0v) is 13.8. The lowest BCUT2D eigenvalue weighted by Crippen LogP contribution is -2.51. The van der Waals surface area contributed by atoms with Gasteiger partial charge in [0, 0.05) is 5.56 Å². The van der Waals surface area contributed by atoms with E-state index in [2.05, 4.69) is 0 Å². The predicted molar refractivity (Wildman–Crippen MR) is 95.9 cm³/mol. The molecule has 0 saturated carbocycles. The van der Waals surface area contributed by atoms with E-state index in [9.17, 15) is 5.11 Å². The lowest BCUT2D eigenvalue weighted by molar-refractivity contribution is -0.269. The molecule has 3 heteroatoms. The first-order valence-electron chi connectivity index (χ1n) is 8.44. The standard InChI is InChI=1S/C22H20O3/c23-21(18-10-4-1-5-11-18,19-12-6-2-7-13-19)22(24-16-17-25-22)20-14-8-3-9-15-20/h1-15,23H,16-17H2. The molecule has 0 atom stereocenters. The van der Waals surface area contributed by atoms with Gasteiger partial charge in [-0.25, -0.2) is 0 Å². The second-order valence-corrected chi connectivity index (χ2v) is 6.12. The van der Waals surface area contributed by atoms with Crippen LogP contribution in [0.2, 0.25) is 0 Å². The van der Waals surface area contributed by atoms with E-state index in [1.165, 1.54) is 0 Å². The largest absolute Gasteiger partial charge is 0.375 e. The minimum atomic E-state index is -1.48. The summed E-state index contributed by atoms with van der Waals surface area (Å²) in [6.07, 6.45) is 0. The summed E-state index contributed by atoms with van der Waals surface area (Å²) in [5.41, 5.74) is 0.773. The topological polar surface area (TPSA) is 38.7 Å². The molecular formula is C22H20O3. The van der Waals surface area contributed by atoms with Crippen LogP contribution in [0.15, 0.2) is 91.0 Å². The molecule has 0 aromatic heterocycles. The monoisotopic (exact) mass is 332 g/mol. The number of benzene rings is 3. The lowest BCUT2D eigenvalue weighted by Gasteiger charge is -2.43. The third kappa shape index (κ3) is 2.48. The highest BCUT2D eigenvalue weighted by molar-refractivity contribution is 5.43. The van der Waals surface area contributed by atoms with Crippen LogP contribution in [-0.4, -0.2) is 18.3 Å². The molecule has 1 aliphatic rings.